The van der Waals surface area contributed by atoms with Crippen molar-refractivity contribution < 1.29 is 9.53 Å². The normalized spacial score (nSPS) is 16.1. The quantitative estimate of drug-likeness (QED) is 0.730. The summed E-state index contributed by atoms with van der Waals surface area (Å²) in [7, 11) is 3.85. The summed E-state index contributed by atoms with van der Waals surface area (Å²) < 4.78 is 7.18. The van der Waals surface area contributed by atoms with Crippen LogP contribution in [0.2, 0.25) is 0 Å². The van der Waals surface area contributed by atoms with Gasteiger partial charge in [0, 0.05) is 20.1 Å². The molecule has 0 saturated carbocycles. The Balaban J connectivity index is 1.85. The molecule has 1 saturated heterocycles. The van der Waals surface area contributed by atoms with Gasteiger partial charge in [-0.25, -0.2) is 0 Å². The molecule has 0 N–H and O–H groups in total. The van der Waals surface area contributed by atoms with Crippen molar-refractivity contribution in [2.45, 2.75) is 13.5 Å². The summed E-state index contributed by atoms with van der Waals surface area (Å²) in [4.78, 5) is 15.9. The van der Waals surface area contributed by atoms with E-state index in [1.807, 2.05) is 35.4 Å². The van der Waals surface area contributed by atoms with Crippen molar-refractivity contribution in [3.8, 4) is 0 Å². The third kappa shape index (κ3) is 3.51. The summed E-state index contributed by atoms with van der Waals surface area (Å²) in [6.45, 7) is 5.58. The standard InChI is InChI=1S/C12H21N5O2/c1-10-13-14-11(16(10)3)8-15(2)9-12(18)17-4-6-19-7-5-17/h4-9H2,1-3H3. The summed E-state index contributed by atoms with van der Waals surface area (Å²) in [5.74, 6) is 1.89. The Morgan fingerprint density at radius 2 is 2.05 bits per heavy atom. The van der Waals surface area contributed by atoms with Crippen molar-refractivity contribution >= 4 is 5.91 Å². The number of rotatable bonds is 4. The average Bonchev–Trinajstić information content (AvgIpc) is 2.71. The zero-order chi connectivity index (χ0) is 13.8. The minimum absolute atomic E-state index is 0.143. The Bertz CT molecular complexity index is 439. The summed E-state index contributed by atoms with van der Waals surface area (Å²) in [5, 5.41) is 8.11. The third-order valence-corrected chi connectivity index (χ3v) is 3.36. The molecule has 1 aliphatic rings. The van der Waals surface area contributed by atoms with Gasteiger partial charge in [-0.05, 0) is 14.0 Å². The molecule has 106 valence electrons. The number of aryl methyl sites for hydroxylation is 1. The van der Waals surface area contributed by atoms with E-state index in [4.69, 9.17) is 4.74 Å². The fourth-order valence-corrected chi connectivity index (χ4v) is 2.03. The highest BCUT2D eigenvalue weighted by molar-refractivity contribution is 5.78. The molecule has 1 aliphatic heterocycles. The maximum Gasteiger partial charge on any atom is 0.236 e. The van der Waals surface area contributed by atoms with Crippen LogP contribution in [0.1, 0.15) is 11.6 Å². The third-order valence-electron chi connectivity index (χ3n) is 3.36. The first-order valence-corrected chi connectivity index (χ1v) is 6.47. The molecule has 19 heavy (non-hydrogen) atoms. The Morgan fingerprint density at radius 1 is 1.37 bits per heavy atom. The topological polar surface area (TPSA) is 63.5 Å². The van der Waals surface area contributed by atoms with Gasteiger partial charge >= 0.3 is 0 Å². The Hall–Kier alpha value is -1.47. The molecule has 0 unspecified atom stereocenters. The van der Waals surface area contributed by atoms with Crippen LogP contribution in [-0.4, -0.2) is 70.4 Å². The fraction of sp³-hybridized carbons (Fsp3) is 0.750. The lowest BCUT2D eigenvalue weighted by Crippen LogP contribution is -2.45. The van der Waals surface area contributed by atoms with Crippen LogP contribution in [0.5, 0.6) is 0 Å². The van der Waals surface area contributed by atoms with Gasteiger partial charge in [0.15, 0.2) is 0 Å². The summed E-state index contributed by atoms with van der Waals surface area (Å²) in [5.41, 5.74) is 0. The largest absolute Gasteiger partial charge is 0.378 e. The van der Waals surface area contributed by atoms with E-state index in [1.54, 1.807) is 0 Å². The number of amides is 1. The summed E-state index contributed by atoms with van der Waals surface area (Å²) >= 11 is 0. The number of carbonyl (C=O) groups excluding carboxylic acids is 1. The Labute approximate surface area is 113 Å². The second-order valence-electron chi connectivity index (χ2n) is 4.89. The number of nitrogens with zero attached hydrogens (tertiary/aromatic N) is 5. The minimum Gasteiger partial charge on any atom is -0.378 e. The Kier molecular flexibility index (Phi) is 4.49. The predicted octanol–water partition coefficient (Wildman–Crippen LogP) is -0.586. The fourth-order valence-electron chi connectivity index (χ4n) is 2.03. The molecular formula is C12H21N5O2. The van der Waals surface area contributed by atoms with E-state index < -0.39 is 0 Å². The van der Waals surface area contributed by atoms with Gasteiger partial charge in [-0.1, -0.05) is 0 Å². The number of carbonyl (C=O) groups is 1. The van der Waals surface area contributed by atoms with Gasteiger partial charge in [0.1, 0.15) is 11.6 Å². The van der Waals surface area contributed by atoms with Crippen molar-refractivity contribution in [3.63, 3.8) is 0 Å². The molecule has 0 aliphatic carbocycles. The van der Waals surface area contributed by atoms with E-state index in [1.165, 1.54) is 0 Å². The van der Waals surface area contributed by atoms with Gasteiger partial charge in [0.2, 0.25) is 5.91 Å². The first-order chi connectivity index (χ1) is 9.08. The van der Waals surface area contributed by atoms with Crippen molar-refractivity contribution in [2.75, 3.05) is 39.9 Å². The average molecular weight is 267 g/mol. The second-order valence-corrected chi connectivity index (χ2v) is 4.89. The highest BCUT2D eigenvalue weighted by Crippen LogP contribution is 2.03. The number of ether oxygens (including phenoxy) is 1. The molecule has 7 nitrogen and oxygen atoms in total. The van der Waals surface area contributed by atoms with Crippen LogP contribution in [0.15, 0.2) is 0 Å². The van der Waals surface area contributed by atoms with Gasteiger partial charge in [0.05, 0.1) is 26.3 Å². The van der Waals surface area contributed by atoms with Gasteiger partial charge in [-0.2, -0.15) is 0 Å². The monoisotopic (exact) mass is 267 g/mol. The van der Waals surface area contributed by atoms with Crippen LogP contribution in [0, 0.1) is 6.92 Å². The maximum atomic E-state index is 12.1. The van der Waals surface area contributed by atoms with Gasteiger partial charge in [0.25, 0.3) is 0 Å². The molecule has 7 heteroatoms. The van der Waals surface area contributed by atoms with E-state index in [9.17, 15) is 4.79 Å². The smallest absolute Gasteiger partial charge is 0.236 e. The van der Waals surface area contributed by atoms with Crippen LogP contribution >= 0.6 is 0 Å². The number of aromatic nitrogens is 3. The highest BCUT2D eigenvalue weighted by atomic mass is 16.5. The SMILES string of the molecule is Cc1nnc(CN(C)CC(=O)N2CCOCC2)n1C. The molecule has 1 amide bonds. The molecule has 0 bridgehead atoms. The van der Waals surface area contributed by atoms with Crippen molar-refractivity contribution in [3.05, 3.63) is 11.6 Å². The highest BCUT2D eigenvalue weighted by Gasteiger charge is 2.19. The molecule has 0 spiro atoms. The van der Waals surface area contributed by atoms with Crippen LogP contribution < -0.4 is 0 Å². The number of hydrogen-bond donors (Lipinski definition) is 0. The lowest BCUT2D eigenvalue weighted by molar-refractivity contribution is -0.136. The number of morpholine rings is 1. The van der Waals surface area contributed by atoms with Crippen LogP contribution in [0.25, 0.3) is 0 Å². The molecule has 1 aromatic rings. The molecule has 0 atom stereocenters. The van der Waals surface area contributed by atoms with Crippen molar-refractivity contribution in [1.29, 1.82) is 0 Å². The van der Waals surface area contributed by atoms with Crippen molar-refractivity contribution in [1.82, 2.24) is 24.6 Å². The van der Waals surface area contributed by atoms with Gasteiger partial charge in [-0.15, -0.1) is 10.2 Å². The second kappa shape index (κ2) is 6.12. The molecule has 1 fully saturated rings. The number of likely N-dealkylation sites (N-methyl/N-ethyl adjacent to an activating group) is 1. The van der Waals surface area contributed by atoms with Crippen LogP contribution in [0.3, 0.4) is 0 Å². The van der Waals surface area contributed by atoms with E-state index >= 15 is 0 Å². The van der Waals surface area contributed by atoms with E-state index in [0.29, 0.717) is 39.4 Å². The number of hydrogen-bond acceptors (Lipinski definition) is 5. The molecular weight excluding hydrogens is 246 g/mol. The summed E-state index contributed by atoms with van der Waals surface area (Å²) in [6.07, 6.45) is 0. The maximum absolute atomic E-state index is 12.1. The molecule has 0 aromatic carbocycles. The minimum atomic E-state index is 0.143. The first kappa shape index (κ1) is 14.0. The zero-order valence-electron chi connectivity index (χ0n) is 11.8. The van der Waals surface area contributed by atoms with E-state index in [0.717, 1.165) is 11.6 Å². The van der Waals surface area contributed by atoms with E-state index in [-0.39, 0.29) is 5.91 Å². The van der Waals surface area contributed by atoms with E-state index in [2.05, 4.69) is 10.2 Å². The lowest BCUT2D eigenvalue weighted by atomic mass is 10.3. The lowest BCUT2D eigenvalue weighted by Gasteiger charge is -2.28. The molecule has 1 aromatic heterocycles. The van der Waals surface area contributed by atoms with Gasteiger partial charge < -0.3 is 14.2 Å². The van der Waals surface area contributed by atoms with Crippen LogP contribution in [0.4, 0.5) is 0 Å². The Morgan fingerprint density at radius 3 is 2.63 bits per heavy atom. The zero-order valence-corrected chi connectivity index (χ0v) is 11.8. The van der Waals surface area contributed by atoms with Gasteiger partial charge in [-0.3, -0.25) is 9.69 Å². The predicted molar refractivity (Wildman–Crippen MR) is 69.5 cm³/mol. The van der Waals surface area contributed by atoms with Crippen LogP contribution in [-0.2, 0) is 23.1 Å². The first-order valence-electron chi connectivity index (χ1n) is 6.47. The molecule has 0 radical (unpaired) electrons. The molecule has 2 rings (SSSR count). The van der Waals surface area contributed by atoms with Crippen molar-refractivity contribution in [2.24, 2.45) is 7.05 Å². The summed E-state index contributed by atoms with van der Waals surface area (Å²) in [6, 6.07) is 0. The molecule has 2 heterocycles.